The Labute approximate surface area is 178 Å². The van der Waals surface area contributed by atoms with Crippen molar-refractivity contribution in [3.63, 3.8) is 0 Å². The Morgan fingerprint density at radius 3 is 2.50 bits per heavy atom. The number of nitrogens with zero attached hydrogens (tertiary/aromatic N) is 2. The zero-order valence-corrected chi connectivity index (χ0v) is 17.9. The Balaban J connectivity index is 2.06. The summed E-state index contributed by atoms with van der Waals surface area (Å²) in [5, 5.41) is 12.1. The molecule has 0 bridgehead atoms. The number of amides is 2. The van der Waals surface area contributed by atoms with Crippen molar-refractivity contribution in [1.82, 2.24) is 10.3 Å². The Morgan fingerprint density at radius 2 is 1.87 bits per heavy atom. The van der Waals surface area contributed by atoms with Crippen molar-refractivity contribution in [1.29, 1.82) is 0 Å². The highest BCUT2D eigenvalue weighted by molar-refractivity contribution is 5.91. The first-order valence-electron chi connectivity index (χ1n) is 10.4. The van der Waals surface area contributed by atoms with Gasteiger partial charge in [-0.15, -0.1) is 0 Å². The van der Waals surface area contributed by atoms with E-state index in [2.05, 4.69) is 17.2 Å². The van der Waals surface area contributed by atoms with E-state index in [1.807, 2.05) is 36.4 Å². The smallest absolute Gasteiger partial charge is 0.333 e. The normalized spacial score (nSPS) is 11.7. The average Bonchev–Trinajstić information content (AvgIpc) is 2.76. The van der Waals surface area contributed by atoms with E-state index in [9.17, 15) is 14.7 Å². The molecule has 2 amide bonds. The van der Waals surface area contributed by atoms with Crippen molar-refractivity contribution >= 4 is 17.8 Å². The Bertz CT molecular complexity index is 823. The number of rotatable bonds is 11. The fraction of sp³-hybridized carbons (Fsp3) is 0.435. The van der Waals surface area contributed by atoms with Gasteiger partial charge >= 0.3 is 12.0 Å². The molecular formula is C23H31N3O4. The van der Waals surface area contributed by atoms with Gasteiger partial charge in [-0.2, -0.15) is 0 Å². The summed E-state index contributed by atoms with van der Waals surface area (Å²) in [6.45, 7) is 4.91. The van der Waals surface area contributed by atoms with Crippen LogP contribution in [-0.4, -0.2) is 48.4 Å². The van der Waals surface area contributed by atoms with Gasteiger partial charge in [0.2, 0.25) is 0 Å². The number of nitrogens with one attached hydrogen (secondary N) is 1. The van der Waals surface area contributed by atoms with Crippen LogP contribution in [0.15, 0.2) is 42.6 Å². The minimum atomic E-state index is -0.962. The SMILES string of the molecule is CCCCCNC(=O)N(C)c1cc(-c2ccc(CC(OCC)C(=O)O)cc2)ccn1. The van der Waals surface area contributed by atoms with Gasteiger partial charge in [-0.1, -0.05) is 44.0 Å². The van der Waals surface area contributed by atoms with Crippen LogP contribution < -0.4 is 10.2 Å². The standard InChI is InChI=1S/C23H31N3O4/c1-4-6-7-13-25-23(29)26(3)21-16-19(12-14-24-21)18-10-8-17(9-11-18)15-20(22(27)28)30-5-2/h8-12,14,16,20H,4-7,13,15H2,1-3H3,(H,25,29)(H,27,28). The number of unbranched alkanes of at least 4 members (excludes halogenated alkanes) is 2. The summed E-state index contributed by atoms with van der Waals surface area (Å²) in [7, 11) is 1.70. The summed E-state index contributed by atoms with van der Waals surface area (Å²) in [4.78, 5) is 29.4. The van der Waals surface area contributed by atoms with Gasteiger partial charge < -0.3 is 15.2 Å². The third kappa shape index (κ3) is 6.84. The van der Waals surface area contributed by atoms with Crippen LogP contribution in [0, 0.1) is 0 Å². The lowest BCUT2D eigenvalue weighted by Crippen LogP contribution is -2.38. The summed E-state index contributed by atoms with van der Waals surface area (Å²) in [6.07, 6.45) is 4.29. The van der Waals surface area contributed by atoms with E-state index in [4.69, 9.17) is 4.74 Å². The third-order valence-electron chi connectivity index (χ3n) is 4.80. The van der Waals surface area contributed by atoms with Crippen LogP contribution in [0.1, 0.15) is 38.7 Å². The average molecular weight is 414 g/mol. The van der Waals surface area contributed by atoms with E-state index in [-0.39, 0.29) is 6.03 Å². The fourth-order valence-corrected chi connectivity index (χ4v) is 3.04. The van der Waals surface area contributed by atoms with Crippen LogP contribution in [0.2, 0.25) is 0 Å². The highest BCUT2D eigenvalue weighted by Crippen LogP contribution is 2.23. The molecule has 2 rings (SSSR count). The molecule has 1 aromatic heterocycles. The van der Waals surface area contributed by atoms with Crippen molar-refractivity contribution in [2.45, 2.75) is 45.6 Å². The van der Waals surface area contributed by atoms with Crippen LogP contribution in [0.5, 0.6) is 0 Å². The number of benzene rings is 1. The maximum atomic E-state index is 12.3. The summed E-state index contributed by atoms with van der Waals surface area (Å²) >= 11 is 0. The van der Waals surface area contributed by atoms with Gasteiger partial charge in [0.1, 0.15) is 5.82 Å². The molecule has 0 aliphatic rings. The number of hydrogen-bond donors (Lipinski definition) is 2. The Hall–Kier alpha value is -2.93. The minimum Gasteiger partial charge on any atom is -0.479 e. The molecule has 1 aromatic carbocycles. The number of aliphatic carboxylic acids is 1. The second-order valence-corrected chi connectivity index (χ2v) is 7.08. The molecule has 1 atom stereocenters. The molecule has 2 aromatic rings. The topological polar surface area (TPSA) is 91.8 Å². The molecule has 1 unspecified atom stereocenters. The summed E-state index contributed by atoms with van der Waals surface area (Å²) in [5.41, 5.74) is 2.77. The molecule has 2 N–H and O–H groups in total. The molecule has 0 aliphatic heterocycles. The van der Waals surface area contributed by atoms with Crippen LogP contribution >= 0.6 is 0 Å². The second kappa shape index (κ2) is 11.9. The van der Waals surface area contributed by atoms with E-state index in [0.717, 1.165) is 36.0 Å². The predicted molar refractivity (Wildman–Crippen MR) is 118 cm³/mol. The maximum Gasteiger partial charge on any atom is 0.333 e. The molecule has 0 radical (unpaired) electrons. The molecule has 0 saturated carbocycles. The highest BCUT2D eigenvalue weighted by atomic mass is 16.5. The van der Waals surface area contributed by atoms with Gasteiger partial charge in [0.25, 0.3) is 0 Å². The lowest BCUT2D eigenvalue weighted by atomic mass is 10.0. The lowest BCUT2D eigenvalue weighted by molar-refractivity contribution is -0.149. The van der Waals surface area contributed by atoms with E-state index in [1.165, 1.54) is 4.90 Å². The van der Waals surface area contributed by atoms with E-state index < -0.39 is 12.1 Å². The van der Waals surface area contributed by atoms with Gasteiger partial charge in [0.15, 0.2) is 6.10 Å². The number of carboxylic acids is 1. The monoisotopic (exact) mass is 413 g/mol. The predicted octanol–water partition coefficient (Wildman–Crippen LogP) is 4.12. The van der Waals surface area contributed by atoms with Gasteiger partial charge in [0, 0.05) is 32.8 Å². The second-order valence-electron chi connectivity index (χ2n) is 7.08. The van der Waals surface area contributed by atoms with Gasteiger partial charge in [-0.25, -0.2) is 14.6 Å². The quantitative estimate of drug-likeness (QED) is 0.541. The molecule has 0 spiro atoms. The van der Waals surface area contributed by atoms with Crippen LogP contribution in [-0.2, 0) is 16.0 Å². The first kappa shape index (κ1) is 23.3. The molecule has 1 heterocycles. The first-order chi connectivity index (χ1) is 14.5. The number of carboxylic acid groups (broad SMARTS) is 1. The van der Waals surface area contributed by atoms with E-state index in [0.29, 0.717) is 25.4 Å². The number of aromatic nitrogens is 1. The molecule has 162 valence electrons. The van der Waals surface area contributed by atoms with E-state index >= 15 is 0 Å². The zero-order valence-electron chi connectivity index (χ0n) is 17.9. The summed E-state index contributed by atoms with van der Waals surface area (Å²) < 4.78 is 5.28. The summed E-state index contributed by atoms with van der Waals surface area (Å²) in [5.74, 6) is -0.400. The molecular weight excluding hydrogens is 382 g/mol. The largest absolute Gasteiger partial charge is 0.479 e. The van der Waals surface area contributed by atoms with Crippen LogP contribution in [0.4, 0.5) is 10.6 Å². The number of ether oxygens (including phenoxy) is 1. The van der Waals surface area contributed by atoms with Crippen molar-refractivity contribution in [3.8, 4) is 11.1 Å². The number of anilines is 1. The molecule has 7 heteroatoms. The van der Waals surface area contributed by atoms with Crippen molar-refractivity contribution in [2.75, 3.05) is 25.1 Å². The van der Waals surface area contributed by atoms with Crippen molar-refractivity contribution in [2.24, 2.45) is 0 Å². The number of pyridine rings is 1. The Morgan fingerprint density at radius 1 is 1.13 bits per heavy atom. The van der Waals surface area contributed by atoms with Crippen LogP contribution in [0.25, 0.3) is 11.1 Å². The number of urea groups is 1. The van der Waals surface area contributed by atoms with Crippen LogP contribution in [0.3, 0.4) is 0 Å². The van der Waals surface area contributed by atoms with Gasteiger partial charge in [-0.05, 0) is 42.2 Å². The molecule has 30 heavy (non-hydrogen) atoms. The number of hydrogen-bond acceptors (Lipinski definition) is 4. The Kier molecular flexibility index (Phi) is 9.28. The lowest BCUT2D eigenvalue weighted by Gasteiger charge is -2.18. The fourth-order valence-electron chi connectivity index (χ4n) is 3.04. The first-order valence-corrected chi connectivity index (χ1v) is 10.4. The van der Waals surface area contributed by atoms with Crippen molar-refractivity contribution < 1.29 is 19.4 Å². The summed E-state index contributed by atoms with van der Waals surface area (Å²) in [6, 6.07) is 11.2. The molecule has 0 fully saturated rings. The van der Waals surface area contributed by atoms with Crippen molar-refractivity contribution in [3.05, 3.63) is 48.2 Å². The maximum absolute atomic E-state index is 12.3. The zero-order chi connectivity index (χ0) is 21.9. The minimum absolute atomic E-state index is 0.179. The number of carbonyl (C=O) groups excluding carboxylic acids is 1. The van der Waals surface area contributed by atoms with E-state index in [1.54, 1.807) is 20.2 Å². The highest BCUT2D eigenvalue weighted by Gasteiger charge is 2.18. The molecule has 0 aliphatic carbocycles. The number of carbonyl (C=O) groups is 2. The van der Waals surface area contributed by atoms with Gasteiger partial charge in [0.05, 0.1) is 0 Å². The van der Waals surface area contributed by atoms with Gasteiger partial charge in [-0.3, -0.25) is 4.90 Å². The third-order valence-corrected chi connectivity index (χ3v) is 4.80. The molecule has 7 nitrogen and oxygen atoms in total. The molecule has 0 saturated heterocycles.